The van der Waals surface area contributed by atoms with E-state index in [-0.39, 0.29) is 24.5 Å². The molecule has 0 bridgehead atoms. The van der Waals surface area contributed by atoms with E-state index in [2.05, 4.69) is 0 Å². The Kier molecular flexibility index (Phi) is 8.27. The van der Waals surface area contributed by atoms with Gasteiger partial charge in [0.05, 0.1) is 18.1 Å². The molecule has 8 heteroatoms. The maximum atomic E-state index is 12.0. The van der Waals surface area contributed by atoms with E-state index < -0.39 is 16.8 Å². The minimum absolute atomic E-state index is 0.0126. The summed E-state index contributed by atoms with van der Waals surface area (Å²) in [6, 6.07) is 8.48. The van der Waals surface area contributed by atoms with Crippen LogP contribution in [0.1, 0.15) is 44.9 Å². The van der Waals surface area contributed by atoms with Crippen molar-refractivity contribution in [3.63, 3.8) is 0 Å². The van der Waals surface area contributed by atoms with Gasteiger partial charge in [0, 0.05) is 11.2 Å². The second kappa shape index (κ2) is 9.96. The van der Waals surface area contributed by atoms with E-state index in [0.29, 0.717) is 12.2 Å². The first-order valence-electron chi connectivity index (χ1n) is 8.76. The predicted molar refractivity (Wildman–Crippen MR) is 101 cm³/mol. The molecule has 0 saturated heterocycles. The van der Waals surface area contributed by atoms with Crippen molar-refractivity contribution in [1.82, 2.24) is 0 Å². The molecule has 0 aromatic heterocycles. The molecule has 1 saturated carbocycles. The zero-order chi connectivity index (χ0) is 18.2. The summed E-state index contributed by atoms with van der Waals surface area (Å²) in [5.74, 6) is 1.38. The summed E-state index contributed by atoms with van der Waals surface area (Å²) >= 11 is 5.73. The van der Waals surface area contributed by atoms with Crippen LogP contribution in [-0.2, 0) is 18.9 Å². The summed E-state index contributed by atoms with van der Waals surface area (Å²) in [5, 5.41) is 0. The molecule has 1 fully saturated rings. The van der Waals surface area contributed by atoms with Crippen molar-refractivity contribution < 1.29 is 22.0 Å². The van der Waals surface area contributed by atoms with Crippen molar-refractivity contribution in [2.75, 3.05) is 18.1 Å². The first-order valence-corrected chi connectivity index (χ1v) is 13.0. The van der Waals surface area contributed by atoms with Gasteiger partial charge >= 0.3 is 6.95 Å². The summed E-state index contributed by atoms with van der Waals surface area (Å²) in [6.45, 7) is -3.77. The number of para-hydroxylation sites is 1. The quantitative estimate of drug-likeness (QED) is 0.351. The van der Waals surface area contributed by atoms with E-state index in [4.69, 9.17) is 20.3 Å². The van der Waals surface area contributed by atoms with Crippen LogP contribution >= 0.6 is 18.2 Å². The highest BCUT2D eigenvalue weighted by atomic mass is 35.7. The molecular formula is C17H26ClO5PS. The molecule has 1 aromatic carbocycles. The number of rotatable bonds is 12. The first-order chi connectivity index (χ1) is 11.9. The molecule has 1 aromatic rings. The lowest BCUT2D eigenvalue weighted by molar-refractivity contribution is 0.279. The Labute approximate surface area is 155 Å². The second-order valence-corrected chi connectivity index (χ2v) is 11.3. The maximum absolute atomic E-state index is 12.0. The van der Waals surface area contributed by atoms with Gasteiger partial charge in [-0.1, -0.05) is 50.3 Å². The zero-order valence-electron chi connectivity index (χ0n) is 14.3. The number of hydrogen-bond donors (Lipinski definition) is 0. The van der Waals surface area contributed by atoms with Crippen molar-refractivity contribution in [2.45, 2.75) is 44.9 Å². The fourth-order valence-electron chi connectivity index (χ4n) is 2.72. The van der Waals surface area contributed by atoms with Crippen LogP contribution in [0.5, 0.6) is 5.75 Å². The smallest absolute Gasteiger partial charge is 0.413 e. The highest BCUT2D eigenvalue weighted by Gasteiger charge is 2.23. The van der Waals surface area contributed by atoms with Crippen molar-refractivity contribution in [1.29, 1.82) is 0 Å². The van der Waals surface area contributed by atoms with Gasteiger partial charge in [-0.25, -0.2) is 13.0 Å². The highest BCUT2D eigenvalue weighted by molar-refractivity contribution is 7.91. The SMILES string of the molecule is O=[P@](Cl)(OCCCS(=O)(=O)CCCCC1CCC1)Oc1ccccc1. The van der Waals surface area contributed by atoms with E-state index in [1.165, 1.54) is 19.3 Å². The Morgan fingerprint density at radius 3 is 2.40 bits per heavy atom. The zero-order valence-corrected chi connectivity index (χ0v) is 16.8. The van der Waals surface area contributed by atoms with Gasteiger partial charge in [-0.05, 0) is 30.9 Å². The lowest BCUT2D eigenvalue weighted by atomic mass is 9.82. The van der Waals surface area contributed by atoms with E-state index in [0.717, 1.165) is 18.8 Å². The number of unbranched alkanes of at least 4 members (excludes halogenated alkanes) is 1. The molecule has 1 atom stereocenters. The van der Waals surface area contributed by atoms with Crippen molar-refractivity contribution in [2.24, 2.45) is 5.92 Å². The van der Waals surface area contributed by atoms with Crippen LogP contribution in [0, 0.1) is 5.92 Å². The Bertz CT molecular complexity index is 661. The standard InChI is InChI=1S/C17H26ClO5PS/c18-24(19,23-17-11-2-1-3-12-17)22-13-7-15-25(20,21)14-5-4-8-16-9-6-10-16/h1-3,11-12,16H,4-10,13-15H2/t24-/m1/s1. The third-order valence-electron chi connectivity index (χ3n) is 4.35. The fourth-order valence-corrected chi connectivity index (χ4v) is 5.35. The first kappa shape index (κ1) is 20.8. The van der Waals surface area contributed by atoms with Gasteiger partial charge in [0.25, 0.3) is 0 Å². The van der Waals surface area contributed by atoms with Crippen LogP contribution < -0.4 is 4.52 Å². The van der Waals surface area contributed by atoms with E-state index in [1.807, 2.05) is 0 Å². The molecule has 142 valence electrons. The van der Waals surface area contributed by atoms with Gasteiger partial charge in [0.15, 0.2) is 0 Å². The number of hydrogen-bond acceptors (Lipinski definition) is 5. The molecule has 0 radical (unpaired) electrons. The van der Waals surface area contributed by atoms with Gasteiger partial charge in [0.2, 0.25) is 0 Å². The van der Waals surface area contributed by atoms with Crippen LogP contribution in [0.15, 0.2) is 30.3 Å². The monoisotopic (exact) mass is 408 g/mol. The maximum Gasteiger partial charge on any atom is 0.476 e. The minimum atomic E-state index is -3.75. The second-order valence-electron chi connectivity index (χ2n) is 6.47. The molecule has 25 heavy (non-hydrogen) atoms. The van der Waals surface area contributed by atoms with Crippen LogP contribution in [0.25, 0.3) is 0 Å². The Morgan fingerprint density at radius 1 is 1.08 bits per heavy atom. The number of halogens is 1. The highest BCUT2D eigenvalue weighted by Crippen LogP contribution is 2.53. The summed E-state index contributed by atoms with van der Waals surface area (Å²) in [5.41, 5.74) is 0. The molecule has 0 aliphatic heterocycles. The molecule has 2 rings (SSSR count). The molecule has 1 aliphatic rings. The molecular weight excluding hydrogens is 383 g/mol. The predicted octanol–water partition coefficient (Wildman–Crippen LogP) is 5.20. The topological polar surface area (TPSA) is 69.7 Å². The van der Waals surface area contributed by atoms with Gasteiger partial charge in [-0.2, -0.15) is 0 Å². The Balaban J connectivity index is 1.59. The normalized spacial score (nSPS) is 17.6. The fraction of sp³-hybridized carbons (Fsp3) is 0.647. The van der Waals surface area contributed by atoms with Gasteiger partial charge < -0.3 is 4.52 Å². The molecule has 0 N–H and O–H groups in total. The average Bonchev–Trinajstić information content (AvgIpc) is 2.50. The molecule has 0 amide bonds. The summed E-state index contributed by atoms with van der Waals surface area (Å²) in [6.07, 6.45) is 7.00. The van der Waals surface area contributed by atoms with Crippen LogP contribution in [0.4, 0.5) is 0 Å². The minimum Gasteiger partial charge on any atom is -0.413 e. The molecule has 0 heterocycles. The number of sulfone groups is 1. The van der Waals surface area contributed by atoms with Crippen molar-refractivity contribution in [3.8, 4) is 5.75 Å². The van der Waals surface area contributed by atoms with Crippen LogP contribution in [0.3, 0.4) is 0 Å². The Hall–Kier alpha value is -0.550. The van der Waals surface area contributed by atoms with Crippen molar-refractivity contribution in [3.05, 3.63) is 30.3 Å². The summed E-state index contributed by atoms with van der Waals surface area (Å²) in [7, 11) is -3.10. The molecule has 5 nitrogen and oxygen atoms in total. The van der Waals surface area contributed by atoms with E-state index >= 15 is 0 Å². The Morgan fingerprint density at radius 2 is 1.76 bits per heavy atom. The van der Waals surface area contributed by atoms with Gasteiger partial charge in [-0.15, -0.1) is 0 Å². The lowest BCUT2D eigenvalue weighted by Gasteiger charge is -2.24. The molecule has 1 aliphatic carbocycles. The van der Waals surface area contributed by atoms with Gasteiger partial charge in [0.1, 0.15) is 15.6 Å². The third kappa shape index (κ3) is 8.59. The number of benzene rings is 1. The lowest BCUT2D eigenvalue weighted by Crippen LogP contribution is -2.14. The summed E-state index contributed by atoms with van der Waals surface area (Å²) < 4.78 is 46.1. The van der Waals surface area contributed by atoms with Gasteiger partial charge in [-0.3, -0.25) is 4.52 Å². The van der Waals surface area contributed by atoms with Crippen LogP contribution in [-0.4, -0.2) is 26.5 Å². The van der Waals surface area contributed by atoms with E-state index in [9.17, 15) is 13.0 Å². The average molecular weight is 409 g/mol. The van der Waals surface area contributed by atoms with Crippen molar-refractivity contribution >= 4 is 28.0 Å². The largest absolute Gasteiger partial charge is 0.476 e. The molecule has 0 unspecified atom stereocenters. The van der Waals surface area contributed by atoms with E-state index in [1.54, 1.807) is 30.3 Å². The summed E-state index contributed by atoms with van der Waals surface area (Å²) in [4.78, 5) is 0. The molecule has 0 spiro atoms. The van der Waals surface area contributed by atoms with Crippen LogP contribution in [0.2, 0.25) is 0 Å². The third-order valence-corrected chi connectivity index (χ3v) is 7.59.